The van der Waals surface area contributed by atoms with Crippen LogP contribution in [0, 0.1) is 5.82 Å². The predicted molar refractivity (Wildman–Crippen MR) is 61.8 cm³/mol. The maximum atomic E-state index is 12.7. The van der Waals surface area contributed by atoms with E-state index in [0.29, 0.717) is 11.7 Å². The molecule has 0 fully saturated rings. The second-order valence-corrected chi connectivity index (χ2v) is 4.10. The highest BCUT2D eigenvalue weighted by Gasteiger charge is 2.07. The average Bonchev–Trinajstić information content (AvgIpc) is 2.76. The molecule has 0 N–H and O–H groups in total. The molecule has 84 valence electrons. The largest absolute Gasteiger partial charge is 0.339 e. The molecule has 0 saturated heterocycles. The van der Waals surface area contributed by atoms with E-state index in [1.807, 2.05) is 0 Å². The van der Waals surface area contributed by atoms with Crippen LogP contribution in [0.25, 0.3) is 11.4 Å². The van der Waals surface area contributed by atoms with Crippen LogP contribution in [0.1, 0.15) is 12.3 Å². The predicted octanol–water partition coefficient (Wildman–Crippen LogP) is 3.20. The van der Waals surface area contributed by atoms with Gasteiger partial charge in [0.25, 0.3) is 0 Å². The van der Waals surface area contributed by atoms with Crippen LogP contribution in [0.15, 0.2) is 28.8 Å². The van der Waals surface area contributed by atoms with E-state index in [-0.39, 0.29) is 5.82 Å². The van der Waals surface area contributed by atoms with Crippen molar-refractivity contribution >= 4 is 15.9 Å². The number of rotatable bonds is 4. The summed E-state index contributed by atoms with van der Waals surface area (Å²) in [5.74, 6) is 0.843. The summed E-state index contributed by atoms with van der Waals surface area (Å²) in [6, 6.07) is 6.02. The lowest BCUT2D eigenvalue weighted by molar-refractivity contribution is 0.378. The molecule has 2 rings (SSSR count). The normalized spacial score (nSPS) is 10.6. The Balaban J connectivity index is 2.15. The minimum atomic E-state index is -0.272. The molecule has 1 aromatic heterocycles. The lowest BCUT2D eigenvalue weighted by atomic mass is 10.2. The Bertz CT molecular complexity index is 455. The van der Waals surface area contributed by atoms with E-state index in [1.54, 1.807) is 12.1 Å². The Hall–Kier alpha value is -1.23. The van der Waals surface area contributed by atoms with Crippen LogP contribution in [0.4, 0.5) is 4.39 Å². The molecule has 0 unspecified atom stereocenters. The Morgan fingerprint density at radius 2 is 2.00 bits per heavy atom. The van der Waals surface area contributed by atoms with Crippen molar-refractivity contribution in [2.45, 2.75) is 12.8 Å². The highest BCUT2D eigenvalue weighted by Crippen LogP contribution is 2.16. The number of benzene rings is 1. The summed E-state index contributed by atoms with van der Waals surface area (Å²) in [4.78, 5) is 4.23. The van der Waals surface area contributed by atoms with Crippen LogP contribution in [-0.4, -0.2) is 15.5 Å². The van der Waals surface area contributed by atoms with E-state index in [1.165, 1.54) is 12.1 Å². The number of hydrogen-bond acceptors (Lipinski definition) is 3. The maximum Gasteiger partial charge on any atom is 0.226 e. The summed E-state index contributed by atoms with van der Waals surface area (Å²) in [7, 11) is 0. The molecule has 16 heavy (non-hydrogen) atoms. The fourth-order valence-electron chi connectivity index (χ4n) is 1.29. The van der Waals surface area contributed by atoms with Gasteiger partial charge in [0, 0.05) is 17.3 Å². The van der Waals surface area contributed by atoms with Crippen LogP contribution in [0.2, 0.25) is 0 Å². The van der Waals surface area contributed by atoms with Crippen molar-refractivity contribution in [1.82, 2.24) is 10.1 Å². The number of hydrogen-bond donors (Lipinski definition) is 0. The average molecular weight is 285 g/mol. The van der Waals surface area contributed by atoms with E-state index in [2.05, 4.69) is 26.1 Å². The third-order valence-corrected chi connectivity index (χ3v) is 2.66. The van der Waals surface area contributed by atoms with Gasteiger partial charge in [-0.05, 0) is 30.7 Å². The second kappa shape index (κ2) is 5.21. The molecule has 0 spiro atoms. The Labute approximate surface area is 101 Å². The lowest BCUT2D eigenvalue weighted by Gasteiger charge is -1.92. The van der Waals surface area contributed by atoms with E-state index >= 15 is 0 Å². The molecule has 1 heterocycles. The van der Waals surface area contributed by atoms with E-state index in [4.69, 9.17) is 4.52 Å². The quantitative estimate of drug-likeness (QED) is 0.810. The van der Waals surface area contributed by atoms with Crippen LogP contribution < -0.4 is 0 Å². The summed E-state index contributed by atoms with van der Waals surface area (Å²) in [6.07, 6.45) is 1.70. The molecule has 0 radical (unpaired) electrons. The molecule has 0 atom stereocenters. The van der Waals surface area contributed by atoms with Gasteiger partial charge in [0.1, 0.15) is 5.82 Å². The summed E-state index contributed by atoms with van der Waals surface area (Å²) in [5, 5.41) is 4.75. The number of alkyl halides is 1. The minimum absolute atomic E-state index is 0.272. The second-order valence-electron chi connectivity index (χ2n) is 3.31. The van der Waals surface area contributed by atoms with Crippen LogP contribution >= 0.6 is 15.9 Å². The van der Waals surface area contributed by atoms with Gasteiger partial charge >= 0.3 is 0 Å². The van der Waals surface area contributed by atoms with Crippen molar-refractivity contribution in [1.29, 1.82) is 0 Å². The Morgan fingerprint density at radius 1 is 1.25 bits per heavy atom. The zero-order valence-electron chi connectivity index (χ0n) is 8.49. The molecular weight excluding hydrogens is 275 g/mol. The molecule has 0 aliphatic rings. The third-order valence-electron chi connectivity index (χ3n) is 2.09. The fraction of sp³-hybridized carbons (Fsp3) is 0.273. The monoisotopic (exact) mass is 284 g/mol. The zero-order chi connectivity index (χ0) is 11.4. The van der Waals surface area contributed by atoms with Crippen LogP contribution in [0.3, 0.4) is 0 Å². The van der Waals surface area contributed by atoms with Crippen molar-refractivity contribution < 1.29 is 8.91 Å². The van der Waals surface area contributed by atoms with Crippen molar-refractivity contribution in [2.24, 2.45) is 0 Å². The van der Waals surface area contributed by atoms with Gasteiger partial charge < -0.3 is 4.52 Å². The smallest absolute Gasteiger partial charge is 0.226 e. The summed E-state index contributed by atoms with van der Waals surface area (Å²) < 4.78 is 17.8. The maximum absolute atomic E-state index is 12.7. The number of nitrogens with zero attached hydrogens (tertiary/aromatic N) is 2. The van der Waals surface area contributed by atoms with E-state index in [0.717, 1.165) is 23.7 Å². The van der Waals surface area contributed by atoms with Gasteiger partial charge in [0.15, 0.2) is 0 Å². The van der Waals surface area contributed by atoms with E-state index < -0.39 is 0 Å². The summed E-state index contributed by atoms with van der Waals surface area (Å²) >= 11 is 3.34. The molecular formula is C11H10BrFN2O. The SMILES string of the molecule is Fc1ccc(-c2noc(CCCBr)n2)cc1. The van der Waals surface area contributed by atoms with Gasteiger partial charge in [0.05, 0.1) is 0 Å². The fourth-order valence-corrected chi connectivity index (χ4v) is 1.57. The number of halogens is 2. The van der Waals surface area contributed by atoms with E-state index in [9.17, 15) is 4.39 Å². The Kier molecular flexibility index (Phi) is 3.66. The topological polar surface area (TPSA) is 38.9 Å². The van der Waals surface area contributed by atoms with Crippen molar-refractivity contribution in [3.05, 3.63) is 36.0 Å². The van der Waals surface area contributed by atoms with Crippen LogP contribution in [0.5, 0.6) is 0 Å². The molecule has 1 aromatic carbocycles. The van der Waals surface area contributed by atoms with Crippen molar-refractivity contribution in [3.63, 3.8) is 0 Å². The third kappa shape index (κ3) is 2.66. The molecule has 0 bridgehead atoms. The standard InChI is InChI=1S/C11H10BrFN2O/c12-7-1-2-10-14-11(15-16-10)8-3-5-9(13)6-4-8/h3-6H,1-2,7H2. The number of aryl methyl sites for hydroxylation is 1. The van der Waals surface area contributed by atoms with Gasteiger partial charge in [-0.1, -0.05) is 21.1 Å². The van der Waals surface area contributed by atoms with Gasteiger partial charge in [-0.2, -0.15) is 4.98 Å². The molecule has 5 heteroatoms. The molecule has 3 nitrogen and oxygen atoms in total. The van der Waals surface area contributed by atoms with Gasteiger partial charge in [0.2, 0.25) is 11.7 Å². The first kappa shape index (κ1) is 11.3. The summed E-state index contributed by atoms with van der Waals surface area (Å²) in [6.45, 7) is 0. The number of aromatic nitrogens is 2. The molecule has 2 aromatic rings. The minimum Gasteiger partial charge on any atom is -0.339 e. The molecule has 0 amide bonds. The van der Waals surface area contributed by atoms with Gasteiger partial charge in [-0.3, -0.25) is 0 Å². The van der Waals surface area contributed by atoms with Gasteiger partial charge in [-0.15, -0.1) is 0 Å². The first-order valence-electron chi connectivity index (χ1n) is 4.94. The first-order chi connectivity index (χ1) is 7.79. The molecule has 0 aliphatic carbocycles. The first-order valence-corrected chi connectivity index (χ1v) is 6.06. The van der Waals surface area contributed by atoms with Crippen molar-refractivity contribution in [2.75, 3.05) is 5.33 Å². The highest BCUT2D eigenvalue weighted by molar-refractivity contribution is 9.09. The van der Waals surface area contributed by atoms with Gasteiger partial charge in [-0.25, -0.2) is 4.39 Å². The molecule has 0 saturated carbocycles. The zero-order valence-corrected chi connectivity index (χ0v) is 10.1. The summed E-state index contributed by atoms with van der Waals surface area (Å²) in [5.41, 5.74) is 0.759. The van der Waals surface area contributed by atoms with Crippen molar-refractivity contribution in [3.8, 4) is 11.4 Å². The molecule has 0 aliphatic heterocycles. The highest BCUT2D eigenvalue weighted by atomic mass is 79.9. The lowest BCUT2D eigenvalue weighted by Crippen LogP contribution is -1.86. The van der Waals surface area contributed by atoms with Crippen LogP contribution in [-0.2, 0) is 6.42 Å². The Morgan fingerprint density at radius 3 is 2.69 bits per heavy atom.